The predicted molar refractivity (Wildman–Crippen MR) is 181 cm³/mol. The van der Waals surface area contributed by atoms with Crippen LogP contribution >= 0.6 is 7.82 Å². The molecule has 10 nitrogen and oxygen atoms in total. The Bertz CT molecular complexity index is 1300. The Morgan fingerprint density at radius 3 is 1.64 bits per heavy atom. The van der Waals surface area contributed by atoms with Gasteiger partial charge in [0, 0.05) is 35.0 Å². The van der Waals surface area contributed by atoms with Crippen molar-refractivity contribution in [3.8, 4) is 71.5 Å². The molecule has 2 N–H and O–H groups in total. The maximum atomic E-state index is 12.1. The number of hydrogen-bond acceptors (Lipinski definition) is 9. The first-order valence-corrected chi connectivity index (χ1v) is 15.2. The molecular weight excluding hydrogens is 619 g/mol. The molecule has 0 aromatic heterocycles. The van der Waals surface area contributed by atoms with E-state index in [1.54, 1.807) is 0 Å². The number of phosphoric ester groups is 1. The molecular formula is C32H60NNa2O9P. The number of amides is 1. The molecule has 0 fully saturated rings. The molecule has 1 atom stereocenters. The third kappa shape index (κ3) is 46.4. The summed E-state index contributed by atoms with van der Waals surface area (Å²) in [4.78, 5) is 54.7. The van der Waals surface area contributed by atoms with Crippen molar-refractivity contribution in [3.63, 3.8) is 0 Å². The van der Waals surface area contributed by atoms with Crippen molar-refractivity contribution >= 4 is 25.7 Å². The van der Waals surface area contributed by atoms with Crippen molar-refractivity contribution in [2.75, 3.05) is 13.2 Å². The minimum absolute atomic E-state index is 0. The van der Waals surface area contributed by atoms with E-state index in [0.717, 1.165) is 19.3 Å². The number of unbranched alkanes of at least 4 members (excludes halogenated alkanes) is 10. The van der Waals surface area contributed by atoms with E-state index in [1.807, 2.05) is 0 Å². The second-order valence-corrected chi connectivity index (χ2v) is 9.90. The summed E-state index contributed by atoms with van der Waals surface area (Å²) in [7, 11) is -5.31. The van der Waals surface area contributed by atoms with Crippen molar-refractivity contribution in [1.29, 1.82) is 0 Å². The second-order valence-electron chi connectivity index (χ2n) is 8.74. The summed E-state index contributed by atoms with van der Waals surface area (Å²) in [5, 5.41) is 0. The van der Waals surface area contributed by atoms with Crippen LogP contribution in [0.3, 0.4) is 0 Å². The molecule has 13 heteroatoms. The van der Waals surface area contributed by atoms with Crippen LogP contribution in [0.2, 0.25) is 0 Å². The molecule has 0 aromatic rings. The second kappa shape index (κ2) is 36.3. The molecule has 0 aliphatic rings. The van der Waals surface area contributed by atoms with E-state index in [1.165, 1.54) is 51.9 Å². The molecule has 0 radical (unpaired) electrons. The van der Waals surface area contributed by atoms with E-state index < -0.39 is 39.1 Å². The number of carbonyl (C=O) groups excluding carboxylic acids is 3. The van der Waals surface area contributed by atoms with Crippen LogP contribution in [-0.4, -0.2) is 37.2 Å². The largest absolute Gasteiger partial charge is 1.00 e. The van der Waals surface area contributed by atoms with E-state index in [9.17, 15) is 28.7 Å². The first-order chi connectivity index (χ1) is 20.5. The van der Waals surface area contributed by atoms with Gasteiger partial charge in [0.25, 0.3) is 0 Å². The van der Waals surface area contributed by atoms with Crippen molar-refractivity contribution < 1.29 is 118 Å². The van der Waals surface area contributed by atoms with Gasteiger partial charge in [-0.25, -0.2) is 4.79 Å². The van der Waals surface area contributed by atoms with Crippen molar-refractivity contribution in [2.24, 2.45) is 5.73 Å². The van der Waals surface area contributed by atoms with Gasteiger partial charge in [-0.3, -0.25) is 9.59 Å². The number of primary amides is 1. The Morgan fingerprint density at radius 2 is 1.20 bits per heavy atom. The molecule has 0 aromatic carbocycles. The van der Waals surface area contributed by atoms with Crippen LogP contribution in [0.1, 0.15) is 107 Å². The zero-order chi connectivity index (χ0) is 32.6. The molecule has 254 valence electrons. The monoisotopic (exact) mass is 679 g/mol. The molecule has 0 spiro atoms. The van der Waals surface area contributed by atoms with Crippen molar-refractivity contribution in [2.45, 2.75) is 97.0 Å². The first kappa shape index (κ1) is 49.8. The van der Waals surface area contributed by atoms with Crippen LogP contribution in [0.4, 0.5) is 0 Å². The minimum Gasteiger partial charge on any atom is -0.790 e. The van der Waals surface area contributed by atoms with Gasteiger partial charge in [0.15, 0.2) is 6.10 Å². The van der Waals surface area contributed by atoms with Crippen LogP contribution < -0.4 is 74.6 Å². The molecule has 0 saturated heterocycles. The average molecular weight is 680 g/mol. The average Bonchev–Trinajstić information content (AvgIpc) is 2.93. The summed E-state index contributed by atoms with van der Waals surface area (Å²) in [5.41, 5.74) is 4.47. The van der Waals surface area contributed by atoms with Crippen LogP contribution in [0.15, 0.2) is 0 Å². The van der Waals surface area contributed by atoms with Crippen LogP contribution in [0, 0.1) is 71.5 Å². The van der Waals surface area contributed by atoms with Gasteiger partial charge in [0.05, 0.1) is 14.4 Å². The maximum absolute atomic E-state index is 12.1. The van der Waals surface area contributed by atoms with E-state index in [-0.39, 0.29) is 87.1 Å². The number of rotatable bonds is 18. The standard InChI is InChI=1S/C30H35O8P.C2H5NO.2Na.11H2/c1-3-5-7-9-11-13-15-17-19-21-23-25-30(32)38-28(27-37-39(33,34)35)26-36-29(31)24-22-20-18-16-14-12-10-8-6-4-2;1-2(3)4;;;;;;;;;;;;;/h2,28H,3,5,7,9,11,13,15,17,19,21,23,25-27H2,1H3,(H2,33,34,35);1H3,(H2,3,4);;;11*1H/q;;2*+1;;;;;;;;;;;/p-2/t28-;;;;;;;;;;;;;;/m1............../s1. The van der Waals surface area contributed by atoms with Gasteiger partial charge in [0.1, 0.15) is 6.61 Å². The number of ether oxygens (including phenoxy) is 2. The third-order valence-electron chi connectivity index (χ3n) is 4.84. The topological polar surface area (TPSA) is 168 Å². The van der Waals surface area contributed by atoms with Crippen LogP contribution in [0.5, 0.6) is 0 Å². The molecule has 45 heavy (non-hydrogen) atoms. The van der Waals surface area contributed by atoms with E-state index in [2.05, 4.69) is 82.3 Å². The van der Waals surface area contributed by atoms with Gasteiger partial charge in [-0.2, -0.15) is 0 Å². The smallest absolute Gasteiger partial charge is 0.790 e. The molecule has 0 aliphatic carbocycles. The van der Waals surface area contributed by atoms with Crippen LogP contribution in [0.25, 0.3) is 0 Å². The van der Waals surface area contributed by atoms with Gasteiger partial charge in [-0.05, 0) is 65.6 Å². The summed E-state index contributed by atoms with van der Waals surface area (Å²) >= 11 is 0. The van der Waals surface area contributed by atoms with Gasteiger partial charge in [-0.15, -0.1) is 6.42 Å². The Balaban J connectivity index is -0.0000000723. The fraction of sp³-hybridized carbons (Fsp3) is 0.531. The minimum atomic E-state index is -5.31. The number of hydrogen-bond donors (Lipinski definition) is 1. The summed E-state index contributed by atoms with van der Waals surface area (Å²) < 4.78 is 24.9. The Hall–Kier alpha value is -2.12. The van der Waals surface area contributed by atoms with Gasteiger partial charge >= 0.3 is 71.1 Å². The van der Waals surface area contributed by atoms with E-state index in [4.69, 9.17) is 15.9 Å². The molecule has 0 heterocycles. The van der Waals surface area contributed by atoms with Gasteiger partial charge in [0.2, 0.25) is 5.91 Å². The zero-order valence-electron chi connectivity index (χ0n) is 26.8. The quantitative estimate of drug-likeness (QED) is 0.0470. The number of esters is 2. The van der Waals surface area contributed by atoms with Gasteiger partial charge < -0.3 is 34.1 Å². The van der Waals surface area contributed by atoms with E-state index in [0.29, 0.717) is 6.42 Å². The Morgan fingerprint density at radius 1 is 0.778 bits per heavy atom. The Labute approximate surface area is 329 Å². The number of nitrogens with two attached hydrogens (primary N) is 1. The summed E-state index contributed by atoms with van der Waals surface area (Å²) in [5.74, 6) is 23.2. The summed E-state index contributed by atoms with van der Waals surface area (Å²) in [6.45, 7) is 2.17. The molecule has 0 bridgehead atoms. The van der Waals surface area contributed by atoms with Gasteiger partial charge in [-0.1, -0.05) is 71.1 Å². The van der Waals surface area contributed by atoms with E-state index >= 15 is 0 Å². The normalized spacial score (nSPS) is 9.31. The fourth-order valence-electron chi connectivity index (χ4n) is 3.01. The maximum Gasteiger partial charge on any atom is 1.00 e. The van der Waals surface area contributed by atoms with Crippen molar-refractivity contribution in [1.82, 2.24) is 0 Å². The number of carbonyl (C=O) groups is 3. The van der Waals surface area contributed by atoms with Crippen molar-refractivity contribution in [3.05, 3.63) is 0 Å². The molecule has 0 saturated carbocycles. The molecule has 0 rings (SSSR count). The first-order valence-electron chi connectivity index (χ1n) is 13.8. The molecule has 1 amide bonds. The van der Waals surface area contributed by atoms with Crippen LogP contribution in [-0.2, 0) is 32.9 Å². The summed E-state index contributed by atoms with van der Waals surface area (Å²) in [6, 6.07) is 0. The molecule has 0 unspecified atom stereocenters. The molecule has 0 aliphatic heterocycles. The SMILES string of the molecule is C#CC#CC#CC#CC#CC#CC(=O)OC[C@H](COP(=O)([O-])[O-])OC(=O)CCCCCCCCCCCCC.CC(N)=O.[HH].[HH].[HH].[HH].[HH].[HH].[HH].[HH].[HH].[HH].[HH].[Na+].[Na+]. The third-order valence-corrected chi connectivity index (χ3v) is 5.30. The zero-order valence-corrected chi connectivity index (χ0v) is 31.6. The number of terminal acetylenes is 1. The Kier molecular flexibility index (Phi) is 40.2. The fourth-order valence-corrected chi connectivity index (χ4v) is 3.36. The predicted octanol–water partition coefficient (Wildman–Crippen LogP) is -1.16. The number of phosphoric acid groups is 1. The summed E-state index contributed by atoms with van der Waals surface area (Å²) in [6.07, 6.45) is 16.1.